The van der Waals surface area contributed by atoms with Crippen LogP contribution in [0.5, 0.6) is 0 Å². The molecule has 0 aromatic heterocycles. The molecule has 100 valence electrons. The maximum Gasteiger partial charge on any atom is 0.244 e. The molecule has 0 spiro atoms. The Morgan fingerprint density at radius 2 is 1.94 bits per heavy atom. The first-order chi connectivity index (χ1) is 8.43. The average molecular weight is 289 g/mol. The summed E-state index contributed by atoms with van der Waals surface area (Å²) in [4.78, 5) is 2.33. The summed E-state index contributed by atoms with van der Waals surface area (Å²) < 4.78 is 26.6. The minimum atomic E-state index is -3.49. The molecule has 0 amide bonds. The first kappa shape index (κ1) is 13.8. The standard InChI is InChI=1S/C12H17ClN2O2S/c1-10-9-14(2)7-8-15(10)18(16,17)12-6-4-3-5-11(12)13/h3-6,10H,7-9H2,1-2H3. The van der Waals surface area contributed by atoms with Gasteiger partial charge < -0.3 is 4.90 Å². The number of nitrogens with zero attached hydrogens (tertiary/aromatic N) is 2. The van der Waals surface area contributed by atoms with Gasteiger partial charge in [0.2, 0.25) is 10.0 Å². The Morgan fingerprint density at radius 1 is 1.28 bits per heavy atom. The second kappa shape index (κ2) is 5.17. The monoisotopic (exact) mass is 288 g/mol. The molecule has 0 saturated carbocycles. The van der Waals surface area contributed by atoms with Crippen molar-refractivity contribution >= 4 is 21.6 Å². The van der Waals surface area contributed by atoms with Crippen LogP contribution in [0.4, 0.5) is 0 Å². The lowest BCUT2D eigenvalue weighted by molar-refractivity contribution is 0.170. The highest BCUT2D eigenvalue weighted by molar-refractivity contribution is 7.89. The minimum absolute atomic E-state index is 0.0370. The molecule has 0 aliphatic carbocycles. The van der Waals surface area contributed by atoms with E-state index in [0.29, 0.717) is 6.54 Å². The lowest BCUT2D eigenvalue weighted by atomic mass is 10.2. The van der Waals surface area contributed by atoms with Gasteiger partial charge >= 0.3 is 0 Å². The van der Waals surface area contributed by atoms with E-state index in [0.717, 1.165) is 13.1 Å². The van der Waals surface area contributed by atoms with Crippen LogP contribution in [0, 0.1) is 0 Å². The first-order valence-corrected chi connectivity index (χ1v) is 7.69. The van der Waals surface area contributed by atoms with Crippen LogP contribution in [-0.2, 0) is 10.0 Å². The van der Waals surface area contributed by atoms with Crippen LogP contribution in [0.15, 0.2) is 29.2 Å². The molecule has 0 bridgehead atoms. The molecule has 1 heterocycles. The van der Waals surface area contributed by atoms with E-state index in [1.54, 1.807) is 24.3 Å². The number of benzene rings is 1. The van der Waals surface area contributed by atoms with Crippen LogP contribution in [0.3, 0.4) is 0 Å². The molecule has 1 fully saturated rings. The van der Waals surface area contributed by atoms with Gasteiger partial charge in [-0.05, 0) is 26.1 Å². The van der Waals surface area contributed by atoms with Crippen molar-refractivity contribution in [2.24, 2.45) is 0 Å². The zero-order chi connectivity index (χ0) is 13.3. The predicted molar refractivity (Wildman–Crippen MR) is 72.3 cm³/mol. The molecular formula is C12H17ClN2O2S. The molecule has 1 aliphatic heterocycles. The minimum Gasteiger partial charge on any atom is -0.303 e. The van der Waals surface area contributed by atoms with Gasteiger partial charge in [-0.25, -0.2) is 8.42 Å². The predicted octanol–water partition coefficient (Wildman–Crippen LogP) is 1.66. The molecular weight excluding hydrogens is 272 g/mol. The molecule has 0 radical (unpaired) electrons. The first-order valence-electron chi connectivity index (χ1n) is 5.88. The second-order valence-electron chi connectivity index (χ2n) is 4.66. The lowest BCUT2D eigenvalue weighted by Gasteiger charge is -2.37. The van der Waals surface area contributed by atoms with Crippen molar-refractivity contribution in [2.75, 3.05) is 26.7 Å². The van der Waals surface area contributed by atoms with E-state index in [1.807, 2.05) is 14.0 Å². The van der Waals surface area contributed by atoms with Gasteiger partial charge in [-0.2, -0.15) is 4.31 Å². The Kier molecular flexibility index (Phi) is 3.96. The Hall–Kier alpha value is -0.620. The summed E-state index contributed by atoms with van der Waals surface area (Å²) >= 11 is 5.99. The van der Waals surface area contributed by atoms with Gasteiger partial charge in [0.25, 0.3) is 0 Å². The molecule has 1 unspecified atom stereocenters. The molecule has 2 rings (SSSR count). The average Bonchev–Trinajstić information content (AvgIpc) is 2.28. The quantitative estimate of drug-likeness (QED) is 0.831. The smallest absolute Gasteiger partial charge is 0.244 e. The van der Waals surface area contributed by atoms with Gasteiger partial charge in [0.05, 0.1) is 5.02 Å². The van der Waals surface area contributed by atoms with Gasteiger partial charge in [0, 0.05) is 25.7 Å². The van der Waals surface area contributed by atoms with Crippen molar-refractivity contribution in [3.63, 3.8) is 0 Å². The number of piperazine rings is 1. The summed E-state index contributed by atoms with van der Waals surface area (Å²) in [6, 6.07) is 6.55. The fraction of sp³-hybridized carbons (Fsp3) is 0.500. The Balaban J connectivity index is 2.35. The maximum atomic E-state index is 12.5. The Bertz CT molecular complexity index is 533. The SMILES string of the molecule is CC1CN(C)CCN1S(=O)(=O)c1ccccc1Cl. The van der Waals surface area contributed by atoms with Crippen LogP contribution < -0.4 is 0 Å². The summed E-state index contributed by atoms with van der Waals surface area (Å²) in [5.74, 6) is 0. The lowest BCUT2D eigenvalue weighted by Crippen LogP contribution is -2.52. The van der Waals surface area contributed by atoms with E-state index >= 15 is 0 Å². The Morgan fingerprint density at radius 3 is 2.56 bits per heavy atom. The number of hydrogen-bond acceptors (Lipinski definition) is 3. The van der Waals surface area contributed by atoms with E-state index in [2.05, 4.69) is 4.90 Å². The third-order valence-corrected chi connectivity index (χ3v) is 5.71. The van der Waals surface area contributed by atoms with Gasteiger partial charge in [0.1, 0.15) is 4.90 Å². The number of likely N-dealkylation sites (N-methyl/N-ethyl adjacent to an activating group) is 1. The molecule has 1 aromatic carbocycles. The van der Waals surface area contributed by atoms with Crippen LogP contribution in [0.25, 0.3) is 0 Å². The molecule has 1 aliphatic rings. The van der Waals surface area contributed by atoms with Crippen molar-refractivity contribution in [3.8, 4) is 0 Å². The molecule has 1 atom stereocenters. The summed E-state index contributed by atoms with van der Waals surface area (Å²) in [5, 5.41) is 0.281. The zero-order valence-electron chi connectivity index (χ0n) is 10.5. The van der Waals surface area contributed by atoms with Crippen molar-refractivity contribution in [1.29, 1.82) is 0 Å². The summed E-state index contributed by atoms with van der Waals surface area (Å²) in [5.41, 5.74) is 0. The Labute approximate surface area is 113 Å². The summed E-state index contributed by atoms with van der Waals surface area (Å²) in [6.07, 6.45) is 0. The number of halogens is 1. The fourth-order valence-electron chi connectivity index (χ4n) is 2.26. The van der Waals surface area contributed by atoms with E-state index < -0.39 is 10.0 Å². The molecule has 1 aromatic rings. The van der Waals surface area contributed by atoms with Crippen LogP contribution >= 0.6 is 11.6 Å². The highest BCUT2D eigenvalue weighted by atomic mass is 35.5. The van der Waals surface area contributed by atoms with Gasteiger partial charge in [-0.3, -0.25) is 0 Å². The normalized spacial score (nSPS) is 23.2. The molecule has 1 saturated heterocycles. The zero-order valence-corrected chi connectivity index (χ0v) is 12.1. The van der Waals surface area contributed by atoms with Crippen LogP contribution in [0.1, 0.15) is 6.92 Å². The van der Waals surface area contributed by atoms with Gasteiger partial charge in [-0.1, -0.05) is 23.7 Å². The second-order valence-corrected chi connectivity index (χ2v) is 6.92. The van der Waals surface area contributed by atoms with Crippen LogP contribution in [0.2, 0.25) is 5.02 Å². The third-order valence-electron chi connectivity index (χ3n) is 3.19. The topological polar surface area (TPSA) is 40.6 Å². The van der Waals surface area contributed by atoms with E-state index in [4.69, 9.17) is 11.6 Å². The van der Waals surface area contributed by atoms with Gasteiger partial charge in [-0.15, -0.1) is 0 Å². The molecule has 4 nitrogen and oxygen atoms in total. The highest BCUT2D eigenvalue weighted by Crippen LogP contribution is 2.26. The molecule has 6 heteroatoms. The number of sulfonamides is 1. The third kappa shape index (κ3) is 2.54. The van der Waals surface area contributed by atoms with Crippen molar-refractivity contribution in [2.45, 2.75) is 17.9 Å². The van der Waals surface area contributed by atoms with Crippen LogP contribution in [-0.4, -0.2) is 50.3 Å². The number of rotatable bonds is 2. The number of hydrogen-bond donors (Lipinski definition) is 0. The van der Waals surface area contributed by atoms with E-state index in [9.17, 15) is 8.42 Å². The van der Waals surface area contributed by atoms with Crippen molar-refractivity contribution in [3.05, 3.63) is 29.3 Å². The van der Waals surface area contributed by atoms with Crippen molar-refractivity contribution < 1.29 is 8.42 Å². The summed E-state index contributed by atoms with van der Waals surface area (Å²) in [6.45, 7) is 3.91. The summed E-state index contributed by atoms with van der Waals surface area (Å²) in [7, 11) is -1.49. The van der Waals surface area contributed by atoms with Crippen molar-refractivity contribution in [1.82, 2.24) is 9.21 Å². The van der Waals surface area contributed by atoms with Gasteiger partial charge in [0.15, 0.2) is 0 Å². The molecule has 0 N–H and O–H groups in total. The molecule has 18 heavy (non-hydrogen) atoms. The van der Waals surface area contributed by atoms with E-state index in [1.165, 1.54) is 4.31 Å². The highest BCUT2D eigenvalue weighted by Gasteiger charge is 2.33. The van der Waals surface area contributed by atoms with E-state index in [-0.39, 0.29) is 16.0 Å². The largest absolute Gasteiger partial charge is 0.303 e. The fourth-order valence-corrected chi connectivity index (χ4v) is 4.37. The maximum absolute atomic E-state index is 12.5.